The Morgan fingerprint density at radius 2 is 1.96 bits per heavy atom. The van der Waals surface area contributed by atoms with Gasteiger partial charge in [-0.25, -0.2) is 4.98 Å². The van der Waals surface area contributed by atoms with E-state index in [1.165, 1.54) is 0 Å². The number of Topliss-reactive ketones (excluding diaryl/α,β-unsaturated/α-hetero) is 1. The molecule has 1 aliphatic rings. The summed E-state index contributed by atoms with van der Waals surface area (Å²) in [6.45, 7) is 4.82. The lowest BCUT2D eigenvalue weighted by atomic mass is 10.0. The van der Waals surface area contributed by atoms with Crippen LogP contribution in [0.25, 0.3) is 0 Å². The lowest BCUT2D eigenvalue weighted by molar-refractivity contribution is -0.131. The number of anilines is 1. The summed E-state index contributed by atoms with van der Waals surface area (Å²) in [7, 11) is 1.55. The smallest absolute Gasteiger partial charge is 0.223 e. The maximum absolute atomic E-state index is 12.5. The zero-order valence-corrected chi connectivity index (χ0v) is 15.9. The van der Waals surface area contributed by atoms with Gasteiger partial charge in [0.15, 0.2) is 10.9 Å². The van der Waals surface area contributed by atoms with E-state index in [0.717, 1.165) is 23.8 Å². The van der Waals surface area contributed by atoms with Gasteiger partial charge in [0.05, 0.1) is 12.7 Å². The van der Waals surface area contributed by atoms with Crippen LogP contribution in [0.1, 0.15) is 28.8 Å². The minimum absolute atomic E-state index is 0.0313. The van der Waals surface area contributed by atoms with Crippen molar-refractivity contribution >= 4 is 28.2 Å². The fourth-order valence-corrected chi connectivity index (χ4v) is 3.77. The zero-order chi connectivity index (χ0) is 18.5. The van der Waals surface area contributed by atoms with Crippen LogP contribution in [0.3, 0.4) is 0 Å². The molecule has 1 aliphatic heterocycles. The van der Waals surface area contributed by atoms with Crippen molar-refractivity contribution in [3.8, 4) is 5.75 Å². The molecule has 0 spiro atoms. The van der Waals surface area contributed by atoms with Gasteiger partial charge in [-0.3, -0.25) is 9.59 Å². The molecule has 1 fully saturated rings. The van der Waals surface area contributed by atoms with E-state index >= 15 is 0 Å². The highest BCUT2D eigenvalue weighted by atomic mass is 32.1. The van der Waals surface area contributed by atoms with E-state index in [9.17, 15) is 9.59 Å². The highest BCUT2D eigenvalue weighted by molar-refractivity contribution is 7.13. The van der Waals surface area contributed by atoms with Crippen molar-refractivity contribution in [2.75, 3.05) is 38.2 Å². The quantitative estimate of drug-likeness (QED) is 0.729. The average Bonchev–Trinajstić information content (AvgIpc) is 3.20. The molecule has 0 bridgehead atoms. The number of ether oxygens (including phenoxy) is 1. The summed E-state index contributed by atoms with van der Waals surface area (Å²) in [6.07, 6.45) is 2.22. The summed E-state index contributed by atoms with van der Waals surface area (Å²) >= 11 is 1.61. The van der Waals surface area contributed by atoms with E-state index in [0.29, 0.717) is 24.4 Å². The van der Waals surface area contributed by atoms with Gasteiger partial charge < -0.3 is 14.5 Å². The number of hydrogen-bond acceptors (Lipinski definition) is 6. The number of hydrogen-bond donors (Lipinski definition) is 0. The molecular formula is C19H23N3O3S. The van der Waals surface area contributed by atoms with Gasteiger partial charge in [-0.15, -0.1) is 11.3 Å². The van der Waals surface area contributed by atoms with E-state index in [1.807, 2.05) is 29.3 Å². The Labute approximate surface area is 157 Å². The van der Waals surface area contributed by atoms with E-state index in [4.69, 9.17) is 4.74 Å². The molecule has 0 aliphatic carbocycles. The van der Waals surface area contributed by atoms with E-state index in [1.54, 1.807) is 30.7 Å². The van der Waals surface area contributed by atoms with Crippen LogP contribution in [0.15, 0.2) is 29.8 Å². The highest BCUT2D eigenvalue weighted by Gasteiger charge is 2.23. The van der Waals surface area contributed by atoms with Crippen molar-refractivity contribution in [2.45, 2.75) is 19.8 Å². The molecule has 0 radical (unpaired) electrons. The van der Waals surface area contributed by atoms with Crippen LogP contribution >= 0.6 is 11.3 Å². The molecule has 2 heterocycles. The molecule has 0 atom stereocenters. The van der Waals surface area contributed by atoms with E-state index < -0.39 is 0 Å². The molecule has 0 saturated carbocycles. The maximum Gasteiger partial charge on any atom is 0.223 e. The fraction of sp³-hybridized carbons (Fsp3) is 0.421. The predicted molar refractivity (Wildman–Crippen MR) is 102 cm³/mol. The molecule has 26 heavy (non-hydrogen) atoms. The number of ketones is 1. The van der Waals surface area contributed by atoms with Gasteiger partial charge in [0, 0.05) is 50.6 Å². The molecule has 7 heteroatoms. The third-order valence-electron chi connectivity index (χ3n) is 4.54. The minimum atomic E-state index is -0.0553. The van der Waals surface area contributed by atoms with Gasteiger partial charge in [-0.05, 0) is 19.1 Å². The molecule has 2 aromatic rings. The number of thiazole rings is 1. The van der Waals surface area contributed by atoms with Crippen LogP contribution in [0.5, 0.6) is 5.75 Å². The molecule has 1 aromatic heterocycles. The first-order valence-corrected chi connectivity index (χ1v) is 9.56. The third-order valence-corrected chi connectivity index (χ3v) is 5.38. The monoisotopic (exact) mass is 373 g/mol. The molecule has 138 valence electrons. The van der Waals surface area contributed by atoms with Crippen LogP contribution < -0.4 is 9.64 Å². The lowest BCUT2D eigenvalue weighted by Gasteiger charge is -2.34. The summed E-state index contributed by atoms with van der Waals surface area (Å²) in [6, 6.07) is 5.52. The molecular weight excluding hydrogens is 350 g/mol. The maximum atomic E-state index is 12.5. The van der Waals surface area contributed by atoms with Gasteiger partial charge in [0.2, 0.25) is 5.91 Å². The normalized spacial score (nSPS) is 14.4. The van der Waals surface area contributed by atoms with Gasteiger partial charge in [-0.1, -0.05) is 11.6 Å². The standard InChI is InChI=1S/C19H23N3O3S/c1-14-3-5-17(25-2)15(13-14)16(23)4-6-18(24)21-8-10-22(11-9-21)19-20-7-12-26-19/h3,5,7,12-13H,4,6,8-11H2,1-2H3. The number of rotatable bonds is 6. The van der Waals surface area contributed by atoms with Crippen molar-refractivity contribution in [2.24, 2.45) is 0 Å². The molecule has 1 aromatic carbocycles. The first kappa shape index (κ1) is 18.4. The van der Waals surface area contributed by atoms with Crippen LogP contribution in [-0.4, -0.2) is 54.9 Å². The number of methoxy groups -OCH3 is 1. The molecule has 0 unspecified atom stereocenters. The first-order valence-electron chi connectivity index (χ1n) is 8.68. The van der Waals surface area contributed by atoms with Crippen LogP contribution in [0.2, 0.25) is 0 Å². The van der Waals surface area contributed by atoms with Gasteiger partial charge in [-0.2, -0.15) is 0 Å². The van der Waals surface area contributed by atoms with E-state index in [2.05, 4.69) is 9.88 Å². The van der Waals surface area contributed by atoms with Gasteiger partial charge >= 0.3 is 0 Å². The second-order valence-corrected chi connectivity index (χ2v) is 7.18. The van der Waals surface area contributed by atoms with Crippen molar-refractivity contribution in [1.29, 1.82) is 0 Å². The number of carbonyl (C=O) groups is 2. The van der Waals surface area contributed by atoms with Crippen LogP contribution in [0.4, 0.5) is 5.13 Å². The number of carbonyl (C=O) groups excluding carboxylic acids is 2. The summed E-state index contributed by atoms with van der Waals surface area (Å²) in [5.74, 6) is 0.536. The first-order chi connectivity index (χ1) is 12.6. The van der Waals surface area contributed by atoms with Crippen molar-refractivity contribution < 1.29 is 14.3 Å². The average molecular weight is 373 g/mol. The number of aryl methyl sites for hydroxylation is 1. The molecule has 3 rings (SSSR count). The molecule has 6 nitrogen and oxygen atoms in total. The highest BCUT2D eigenvalue weighted by Crippen LogP contribution is 2.22. The summed E-state index contributed by atoms with van der Waals surface area (Å²) in [4.78, 5) is 33.3. The number of piperazine rings is 1. The Morgan fingerprint density at radius 1 is 1.19 bits per heavy atom. The minimum Gasteiger partial charge on any atom is -0.496 e. The van der Waals surface area contributed by atoms with Gasteiger partial charge in [0.25, 0.3) is 0 Å². The fourth-order valence-electron chi connectivity index (χ4n) is 3.07. The number of benzene rings is 1. The predicted octanol–water partition coefficient (Wildman–Crippen LogP) is 2.77. The second kappa shape index (κ2) is 8.31. The summed E-state index contributed by atoms with van der Waals surface area (Å²) in [5, 5.41) is 2.96. The van der Waals surface area contributed by atoms with Crippen molar-refractivity contribution in [3.63, 3.8) is 0 Å². The molecule has 0 N–H and O–H groups in total. The molecule has 1 amide bonds. The van der Waals surface area contributed by atoms with Gasteiger partial charge in [0.1, 0.15) is 5.75 Å². The Morgan fingerprint density at radius 3 is 2.62 bits per heavy atom. The Bertz CT molecular complexity index is 768. The van der Waals surface area contributed by atoms with Crippen LogP contribution in [0, 0.1) is 6.92 Å². The zero-order valence-electron chi connectivity index (χ0n) is 15.1. The topological polar surface area (TPSA) is 62.7 Å². The molecule has 1 saturated heterocycles. The Hall–Kier alpha value is -2.41. The lowest BCUT2D eigenvalue weighted by Crippen LogP contribution is -2.48. The Balaban J connectivity index is 1.51. The number of aromatic nitrogens is 1. The second-order valence-electron chi connectivity index (χ2n) is 6.31. The van der Waals surface area contributed by atoms with Crippen LogP contribution in [-0.2, 0) is 4.79 Å². The van der Waals surface area contributed by atoms with E-state index in [-0.39, 0.29) is 24.5 Å². The van der Waals surface area contributed by atoms with Crippen molar-refractivity contribution in [1.82, 2.24) is 9.88 Å². The number of nitrogens with zero attached hydrogens (tertiary/aromatic N) is 3. The SMILES string of the molecule is COc1ccc(C)cc1C(=O)CCC(=O)N1CCN(c2nccs2)CC1. The summed E-state index contributed by atoms with van der Waals surface area (Å²) < 4.78 is 5.27. The van der Waals surface area contributed by atoms with Crippen molar-refractivity contribution in [3.05, 3.63) is 40.9 Å². The largest absolute Gasteiger partial charge is 0.496 e. The third kappa shape index (κ3) is 4.22. The summed E-state index contributed by atoms with van der Waals surface area (Å²) in [5.41, 5.74) is 1.55. The Kier molecular flexibility index (Phi) is 5.88. The number of amides is 1.